The molecule has 2 aromatic rings. The highest BCUT2D eigenvalue weighted by Crippen LogP contribution is 2.13. The van der Waals surface area contributed by atoms with Gasteiger partial charge in [0.1, 0.15) is 5.82 Å². The van der Waals surface area contributed by atoms with Crippen molar-refractivity contribution in [2.75, 3.05) is 13.1 Å². The number of nitrogens with zero attached hydrogens (tertiary/aromatic N) is 3. The van der Waals surface area contributed by atoms with Crippen molar-refractivity contribution in [1.82, 2.24) is 19.8 Å². The van der Waals surface area contributed by atoms with Crippen molar-refractivity contribution in [2.45, 2.75) is 26.4 Å². The van der Waals surface area contributed by atoms with E-state index in [-0.39, 0.29) is 30.6 Å². The fourth-order valence-corrected chi connectivity index (χ4v) is 2.75. The van der Waals surface area contributed by atoms with Crippen molar-refractivity contribution >= 4 is 11.8 Å². The van der Waals surface area contributed by atoms with E-state index in [1.165, 1.54) is 12.1 Å². The Labute approximate surface area is 139 Å². The van der Waals surface area contributed by atoms with Crippen LogP contribution in [0.15, 0.2) is 30.5 Å². The molecule has 1 aliphatic heterocycles. The molecular formula is C17H19FN4O2. The molecule has 0 bridgehead atoms. The quantitative estimate of drug-likeness (QED) is 0.900. The Morgan fingerprint density at radius 1 is 1.38 bits per heavy atom. The van der Waals surface area contributed by atoms with E-state index in [0.29, 0.717) is 36.7 Å². The number of amides is 2. The first kappa shape index (κ1) is 16.2. The standard InChI is InChI=1S/C17H19FN4O2/c1-2-21-6-7-22-11-14(20-16(22)17(21)24)10-19-15(23)9-12-4-3-5-13(18)8-12/h3-5,8,11H,2,6-7,9-10H2,1H3,(H,19,23). The zero-order valence-corrected chi connectivity index (χ0v) is 13.5. The molecule has 2 amide bonds. The Hall–Kier alpha value is -2.70. The maximum atomic E-state index is 13.1. The molecule has 24 heavy (non-hydrogen) atoms. The molecule has 2 heterocycles. The number of fused-ring (bicyclic) bond motifs is 1. The molecule has 0 spiro atoms. The lowest BCUT2D eigenvalue weighted by Gasteiger charge is -2.25. The van der Waals surface area contributed by atoms with E-state index in [2.05, 4.69) is 10.3 Å². The SMILES string of the molecule is CCN1CCn2cc(CNC(=O)Cc3cccc(F)c3)nc2C1=O. The summed E-state index contributed by atoms with van der Waals surface area (Å²) < 4.78 is 14.9. The van der Waals surface area contributed by atoms with Crippen LogP contribution in [0.2, 0.25) is 0 Å². The van der Waals surface area contributed by atoms with Crippen LogP contribution in [-0.2, 0) is 24.3 Å². The lowest BCUT2D eigenvalue weighted by molar-refractivity contribution is -0.120. The van der Waals surface area contributed by atoms with Crippen LogP contribution in [0.4, 0.5) is 4.39 Å². The van der Waals surface area contributed by atoms with E-state index >= 15 is 0 Å². The fourth-order valence-electron chi connectivity index (χ4n) is 2.75. The number of aromatic nitrogens is 2. The van der Waals surface area contributed by atoms with Gasteiger partial charge in [-0.15, -0.1) is 0 Å². The second-order valence-corrected chi connectivity index (χ2v) is 5.72. The maximum absolute atomic E-state index is 13.1. The van der Waals surface area contributed by atoms with Crippen LogP contribution in [0.5, 0.6) is 0 Å². The summed E-state index contributed by atoms with van der Waals surface area (Å²) in [4.78, 5) is 30.2. The van der Waals surface area contributed by atoms with E-state index in [0.717, 1.165) is 0 Å². The molecular weight excluding hydrogens is 311 g/mol. The summed E-state index contributed by atoms with van der Waals surface area (Å²) in [6.07, 6.45) is 1.90. The molecule has 7 heteroatoms. The van der Waals surface area contributed by atoms with Gasteiger partial charge in [0.25, 0.3) is 5.91 Å². The molecule has 0 unspecified atom stereocenters. The molecule has 0 fully saturated rings. The average molecular weight is 330 g/mol. The number of nitrogens with one attached hydrogen (secondary N) is 1. The third kappa shape index (κ3) is 3.45. The summed E-state index contributed by atoms with van der Waals surface area (Å²) in [6.45, 7) is 4.21. The van der Waals surface area contributed by atoms with Crippen molar-refractivity contribution in [3.63, 3.8) is 0 Å². The van der Waals surface area contributed by atoms with Crippen molar-refractivity contribution in [3.8, 4) is 0 Å². The van der Waals surface area contributed by atoms with Gasteiger partial charge in [-0.1, -0.05) is 12.1 Å². The Bertz CT molecular complexity index is 772. The Morgan fingerprint density at radius 3 is 2.96 bits per heavy atom. The Kier molecular flexibility index (Phi) is 4.59. The minimum atomic E-state index is -0.360. The molecule has 1 aromatic carbocycles. The molecule has 0 atom stereocenters. The summed E-state index contributed by atoms with van der Waals surface area (Å²) in [6, 6.07) is 5.96. The van der Waals surface area contributed by atoms with Gasteiger partial charge in [0, 0.05) is 25.8 Å². The van der Waals surface area contributed by atoms with Crippen molar-refractivity contribution in [1.29, 1.82) is 0 Å². The zero-order valence-electron chi connectivity index (χ0n) is 13.5. The molecule has 0 saturated heterocycles. The van der Waals surface area contributed by atoms with Gasteiger partial charge in [-0.2, -0.15) is 0 Å². The minimum Gasteiger partial charge on any atom is -0.350 e. The van der Waals surface area contributed by atoms with Crippen LogP contribution in [0.25, 0.3) is 0 Å². The average Bonchev–Trinajstić information content (AvgIpc) is 2.97. The van der Waals surface area contributed by atoms with Crippen LogP contribution < -0.4 is 5.32 Å². The zero-order chi connectivity index (χ0) is 17.1. The van der Waals surface area contributed by atoms with Crippen molar-refractivity contribution < 1.29 is 14.0 Å². The maximum Gasteiger partial charge on any atom is 0.289 e. The van der Waals surface area contributed by atoms with Gasteiger partial charge in [0.05, 0.1) is 18.7 Å². The highest BCUT2D eigenvalue weighted by Gasteiger charge is 2.25. The van der Waals surface area contributed by atoms with E-state index in [1.807, 2.05) is 11.5 Å². The third-order valence-corrected chi connectivity index (χ3v) is 4.02. The van der Waals surface area contributed by atoms with Gasteiger partial charge in [-0.05, 0) is 24.6 Å². The van der Waals surface area contributed by atoms with Gasteiger partial charge in [-0.3, -0.25) is 9.59 Å². The minimum absolute atomic E-state index is 0.0823. The largest absolute Gasteiger partial charge is 0.350 e. The predicted molar refractivity (Wildman–Crippen MR) is 85.8 cm³/mol. The second kappa shape index (κ2) is 6.82. The smallest absolute Gasteiger partial charge is 0.289 e. The number of carbonyl (C=O) groups is 2. The van der Waals surface area contributed by atoms with Crippen LogP contribution in [0, 0.1) is 5.82 Å². The number of benzene rings is 1. The topological polar surface area (TPSA) is 67.2 Å². The number of imidazole rings is 1. The van der Waals surface area contributed by atoms with Crippen LogP contribution in [0.1, 0.15) is 28.8 Å². The van der Waals surface area contributed by atoms with E-state index < -0.39 is 0 Å². The molecule has 0 aliphatic carbocycles. The first-order chi connectivity index (χ1) is 11.6. The van der Waals surface area contributed by atoms with Gasteiger partial charge in [0.15, 0.2) is 5.82 Å². The molecule has 3 rings (SSSR count). The Morgan fingerprint density at radius 2 is 2.21 bits per heavy atom. The molecule has 0 saturated carbocycles. The highest BCUT2D eigenvalue weighted by molar-refractivity contribution is 5.91. The summed E-state index contributed by atoms with van der Waals surface area (Å²) in [5.74, 6) is -0.243. The van der Waals surface area contributed by atoms with Gasteiger partial charge >= 0.3 is 0 Å². The van der Waals surface area contributed by atoms with Crippen LogP contribution in [-0.4, -0.2) is 39.4 Å². The molecule has 0 radical (unpaired) electrons. The third-order valence-electron chi connectivity index (χ3n) is 4.02. The molecule has 126 valence electrons. The summed E-state index contributed by atoms with van der Waals surface area (Å²) >= 11 is 0. The number of hydrogen-bond donors (Lipinski definition) is 1. The predicted octanol–water partition coefficient (Wildman–Crippen LogP) is 1.36. The molecule has 1 N–H and O–H groups in total. The molecule has 1 aliphatic rings. The normalized spacial score (nSPS) is 13.8. The second-order valence-electron chi connectivity index (χ2n) is 5.72. The molecule has 1 aromatic heterocycles. The lowest BCUT2D eigenvalue weighted by atomic mass is 10.1. The fraction of sp³-hybridized carbons (Fsp3) is 0.353. The molecule has 6 nitrogen and oxygen atoms in total. The van der Waals surface area contributed by atoms with Crippen molar-refractivity contribution in [2.24, 2.45) is 0 Å². The number of likely N-dealkylation sites (N-methyl/N-ethyl adjacent to an activating group) is 1. The van der Waals surface area contributed by atoms with Crippen molar-refractivity contribution in [3.05, 3.63) is 53.4 Å². The van der Waals surface area contributed by atoms with E-state index in [4.69, 9.17) is 0 Å². The number of rotatable bonds is 5. The first-order valence-corrected chi connectivity index (χ1v) is 7.93. The summed E-state index contributed by atoms with van der Waals surface area (Å²) in [5, 5.41) is 2.75. The van der Waals surface area contributed by atoms with Gasteiger partial charge in [-0.25, -0.2) is 9.37 Å². The van der Waals surface area contributed by atoms with E-state index in [9.17, 15) is 14.0 Å². The Balaban J connectivity index is 1.59. The van der Waals surface area contributed by atoms with Gasteiger partial charge < -0.3 is 14.8 Å². The summed E-state index contributed by atoms with van der Waals surface area (Å²) in [5.41, 5.74) is 1.26. The number of carbonyl (C=O) groups excluding carboxylic acids is 2. The highest BCUT2D eigenvalue weighted by atomic mass is 19.1. The van der Waals surface area contributed by atoms with E-state index in [1.54, 1.807) is 23.2 Å². The van der Waals surface area contributed by atoms with Crippen LogP contribution >= 0.6 is 0 Å². The lowest BCUT2D eigenvalue weighted by Crippen LogP contribution is -2.40. The summed E-state index contributed by atoms with van der Waals surface area (Å²) in [7, 11) is 0. The number of halogens is 1. The monoisotopic (exact) mass is 330 g/mol. The first-order valence-electron chi connectivity index (χ1n) is 7.93. The number of hydrogen-bond acceptors (Lipinski definition) is 3. The van der Waals surface area contributed by atoms with Crippen LogP contribution in [0.3, 0.4) is 0 Å². The van der Waals surface area contributed by atoms with Gasteiger partial charge in [0.2, 0.25) is 5.91 Å².